The van der Waals surface area contributed by atoms with Gasteiger partial charge in [-0.05, 0) is 37.7 Å². The van der Waals surface area contributed by atoms with Crippen molar-refractivity contribution in [3.8, 4) is 0 Å². The van der Waals surface area contributed by atoms with Gasteiger partial charge in [0.15, 0.2) is 0 Å². The van der Waals surface area contributed by atoms with Crippen LogP contribution in [0.15, 0.2) is 30.3 Å². The van der Waals surface area contributed by atoms with Crippen LogP contribution < -0.4 is 0 Å². The molecule has 18 heavy (non-hydrogen) atoms. The number of benzene rings is 1. The van der Waals surface area contributed by atoms with Crippen molar-refractivity contribution in [2.24, 2.45) is 5.92 Å². The Hall–Kier alpha value is -0.860. The maximum Gasteiger partial charge on any atom is 0.116 e. The van der Waals surface area contributed by atoms with Crippen molar-refractivity contribution in [3.05, 3.63) is 35.9 Å². The van der Waals surface area contributed by atoms with Gasteiger partial charge in [-0.25, -0.2) is 0 Å². The molecular formula is C16H24O2. The van der Waals surface area contributed by atoms with Crippen molar-refractivity contribution >= 4 is 0 Å². The summed E-state index contributed by atoms with van der Waals surface area (Å²) in [5, 5.41) is 11.0. The van der Waals surface area contributed by atoms with Crippen LogP contribution in [0, 0.1) is 5.92 Å². The maximum atomic E-state index is 11.0. The fraction of sp³-hybridized carbons (Fsp3) is 0.625. The van der Waals surface area contributed by atoms with Gasteiger partial charge in [0, 0.05) is 6.61 Å². The summed E-state index contributed by atoms with van der Waals surface area (Å²) in [6.07, 6.45) is 3.97. The van der Waals surface area contributed by atoms with Crippen LogP contribution in [0.1, 0.15) is 45.1 Å². The van der Waals surface area contributed by atoms with E-state index in [9.17, 15) is 5.11 Å². The summed E-state index contributed by atoms with van der Waals surface area (Å²) in [5.74, 6) is 0.686. The highest BCUT2D eigenvalue weighted by atomic mass is 16.5. The number of rotatable bonds is 4. The van der Waals surface area contributed by atoms with E-state index < -0.39 is 5.60 Å². The minimum Gasteiger partial charge on any atom is -0.382 e. The van der Waals surface area contributed by atoms with E-state index in [0.29, 0.717) is 12.5 Å². The molecule has 0 radical (unpaired) electrons. The van der Waals surface area contributed by atoms with Gasteiger partial charge < -0.3 is 9.84 Å². The zero-order valence-electron chi connectivity index (χ0n) is 11.4. The van der Waals surface area contributed by atoms with E-state index in [1.807, 2.05) is 37.3 Å². The molecule has 1 fully saturated rings. The molecule has 100 valence electrons. The van der Waals surface area contributed by atoms with E-state index >= 15 is 0 Å². The highest BCUT2D eigenvalue weighted by molar-refractivity contribution is 5.24. The van der Waals surface area contributed by atoms with Crippen molar-refractivity contribution in [3.63, 3.8) is 0 Å². The monoisotopic (exact) mass is 248 g/mol. The number of ether oxygens (including phenoxy) is 1. The van der Waals surface area contributed by atoms with Gasteiger partial charge in [0.2, 0.25) is 0 Å². The third-order valence-corrected chi connectivity index (χ3v) is 4.23. The largest absolute Gasteiger partial charge is 0.382 e. The molecule has 1 aromatic carbocycles. The van der Waals surface area contributed by atoms with Crippen molar-refractivity contribution in [1.29, 1.82) is 0 Å². The molecule has 0 heterocycles. The third kappa shape index (κ3) is 2.60. The first kappa shape index (κ1) is 13.6. The van der Waals surface area contributed by atoms with Gasteiger partial charge in [-0.1, -0.05) is 43.7 Å². The minimum absolute atomic E-state index is 0.0661. The van der Waals surface area contributed by atoms with Gasteiger partial charge in [-0.15, -0.1) is 0 Å². The topological polar surface area (TPSA) is 29.5 Å². The van der Waals surface area contributed by atoms with Crippen LogP contribution >= 0.6 is 0 Å². The normalized spacial score (nSPS) is 32.4. The van der Waals surface area contributed by atoms with Crippen LogP contribution in [0.4, 0.5) is 0 Å². The Morgan fingerprint density at radius 3 is 2.61 bits per heavy atom. The van der Waals surface area contributed by atoms with Crippen molar-refractivity contribution in [2.45, 2.75) is 51.2 Å². The second kappa shape index (κ2) is 5.85. The predicted molar refractivity (Wildman–Crippen MR) is 73.4 cm³/mol. The molecule has 3 atom stereocenters. The lowest BCUT2D eigenvalue weighted by molar-refractivity contribution is -0.144. The Balaban J connectivity index is 2.23. The van der Waals surface area contributed by atoms with Gasteiger partial charge in [-0.3, -0.25) is 0 Å². The van der Waals surface area contributed by atoms with Crippen LogP contribution in [-0.2, 0) is 10.3 Å². The van der Waals surface area contributed by atoms with Gasteiger partial charge in [0.25, 0.3) is 0 Å². The first-order valence-electron chi connectivity index (χ1n) is 7.10. The van der Waals surface area contributed by atoms with Gasteiger partial charge in [0.05, 0.1) is 6.10 Å². The molecule has 0 spiro atoms. The molecule has 1 aromatic rings. The predicted octanol–water partition coefficient (Wildman–Crippen LogP) is 3.49. The molecule has 0 bridgehead atoms. The average Bonchev–Trinajstić information content (AvgIpc) is 2.42. The van der Waals surface area contributed by atoms with Crippen molar-refractivity contribution < 1.29 is 9.84 Å². The fourth-order valence-corrected chi connectivity index (χ4v) is 3.04. The molecule has 1 N–H and O–H groups in total. The Kier molecular flexibility index (Phi) is 4.41. The standard InChI is InChI=1S/C16H24O2/c1-3-13-10-11-16(17,15(12-13)18-4-2)14-8-6-5-7-9-14/h5-9,13,15,17H,3-4,10-12H2,1-2H3. The second-order valence-corrected chi connectivity index (χ2v) is 5.28. The molecule has 0 aromatic heterocycles. The molecule has 3 unspecified atom stereocenters. The van der Waals surface area contributed by atoms with Crippen LogP contribution in [-0.4, -0.2) is 17.8 Å². The summed E-state index contributed by atoms with van der Waals surface area (Å²) in [5.41, 5.74) is 0.196. The Morgan fingerprint density at radius 2 is 2.00 bits per heavy atom. The number of aliphatic hydroxyl groups is 1. The maximum absolute atomic E-state index is 11.0. The smallest absolute Gasteiger partial charge is 0.116 e. The first-order chi connectivity index (χ1) is 8.70. The van der Waals surface area contributed by atoms with E-state index in [0.717, 1.165) is 24.8 Å². The van der Waals surface area contributed by atoms with Gasteiger partial charge >= 0.3 is 0 Å². The van der Waals surface area contributed by atoms with Crippen LogP contribution in [0.2, 0.25) is 0 Å². The number of hydrogen-bond donors (Lipinski definition) is 1. The molecule has 1 aliphatic carbocycles. The molecule has 0 aliphatic heterocycles. The quantitative estimate of drug-likeness (QED) is 0.884. The summed E-state index contributed by atoms with van der Waals surface area (Å²) in [7, 11) is 0. The zero-order chi connectivity index (χ0) is 13.0. The van der Waals surface area contributed by atoms with Crippen LogP contribution in [0.3, 0.4) is 0 Å². The highest BCUT2D eigenvalue weighted by Crippen LogP contribution is 2.42. The molecular weight excluding hydrogens is 224 g/mol. The molecule has 0 amide bonds. The fourth-order valence-electron chi connectivity index (χ4n) is 3.04. The number of hydrogen-bond acceptors (Lipinski definition) is 2. The Bertz CT molecular complexity index is 363. The summed E-state index contributed by atoms with van der Waals surface area (Å²) in [6.45, 7) is 4.89. The average molecular weight is 248 g/mol. The van der Waals surface area contributed by atoms with Crippen molar-refractivity contribution in [1.82, 2.24) is 0 Å². The summed E-state index contributed by atoms with van der Waals surface area (Å²) >= 11 is 0. The minimum atomic E-state index is -0.803. The van der Waals surface area contributed by atoms with Gasteiger partial charge in [0.1, 0.15) is 5.60 Å². The van der Waals surface area contributed by atoms with Crippen LogP contribution in [0.25, 0.3) is 0 Å². The van der Waals surface area contributed by atoms with Crippen molar-refractivity contribution in [2.75, 3.05) is 6.61 Å². The zero-order valence-corrected chi connectivity index (χ0v) is 11.4. The molecule has 2 nitrogen and oxygen atoms in total. The van der Waals surface area contributed by atoms with E-state index in [1.165, 1.54) is 6.42 Å². The molecule has 2 rings (SSSR count). The SMILES string of the molecule is CCOC1CC(CC)CCC1(O)c1ccccc1. The Morgan fingerprint density at radius 1 is 1.28 bits per heavy atom. The molecule has 2 heteroatoms. The third-order valence-electron chi connectivity index (χ3n) is 4.23. The molecule has 0 saturated heterocycles. The summed E-state index contributed by atoms with van der Waals surface area (Å²) < 4.78 is 5.83. The second-order valence-electron chi connectivity index (χ2n) is 5.28. The van der Waals surface area contributed by atoms with E-state index in [2.05, 4.69) is 6.92 Å². The van der Waals surface area contributed by atoms with Crippen LogP contribution in [0.5, 0.6) is 0 Å². The van der Waals surface area contributed by atoms with E-state index in [-0.39, 0.29) is 6.10 Å². The van der Waals surface area contributed by atoms with Gasteiger partial charge in [-0.2, -0.15) is 0 Å². The lowest BCUT2D eigenvalue weighted by Gasteiger charge is -2.43. The Labute approximate surface area is 110 Å². The lowest BCUT2D eigenvalue weighted by Crippen LogP contribution is -2.46. The van der Waals surface area contributed by atoms with E-state index in [1.54, 1.807) is 0 Å². The highest BCUT2D eigenvalue weighted by Gasteiger charge is 2.43. The lowest BCUT2D eigenvalue weighted by atomic mass is 9.72. The molecule has 1 saturated carbocycles. The summed E-state index contributed by atoms with van der Waals surface area (Å²) in [4.78, 5) is 0. The van der Waals surface area contributed by atoms with E-state index in [4.69, 9.17) is 4.74 Å². The summed E-state index contributed by atoms with van der Waals surface area (Å²) in [6, 6.07) is 9.99. The molecule has 1 aliphatic rings. The first-order valence-corrected chi connectivity index (χ1v) is 7.10.